The third kappa shape index (κ3) is 4.67. The Morgan fingerprint density at radius 1 is 0.889 bits per heavy atom. The van der Waals surface area contributed by atoms with Crippen LogP contribution in [0.25, 0.3) is 11.6 Å². The molecule has 1 aliphatic carbocycles. The van der Waals surface area contributed by atoms with E-state index in [1.807, 2.05) is 49.4 Å². The van der Waals surface area contributed by atoms with E-state index in [2.05, 4.69) is 84.7 Å². The largest absolute Gasteiger partial charge is 0.544 e. The van der Waals surface area contributed by atoms with Crippen molar-refractivity contribution in [1.29, 1.82) is 0 Å². The molecule has 0 fully saturated rings. The highest BCUT2D eigenvalue weighted by atomic mass is 16.5. The lowest BCUT2D eigenvalue weighted by molar-refractivity contribution is -0.492. The van der Waals surface area contributed by atoms with Gasteiger partial charge in [-0.25, -0.2) is 4.99 Å². The fourth-order valence-corrected chi connectivity index (χ4v) is 5.14. The molecule has 3 aromatic carbocycles. The van der Waals surface area contributed by atoms with Crippen LogP contribution in [0.3, 0.4) is 0 Å². The smallest absolute Gasteiger partial charge is 0.202 e. The van der Waals surface area contributed by atoms with Crippen molar-refractivity contribution in [2.24, 2.45) is 5.92 Å². The van der Waals surface area contributed by atoms with E-state index in [0.717, 1.165) is 33.5 Å². The molecule has 0 bridgehead atoms. The monoisotopic (exact) mass is 474 g/mol. The summed E-state index contributed by atoms with van der Waals surface area (Å²) in [6.45, 7) is 6.14. The molecular formula is C32H30N2O2. The first kappa shape index (κ1) is 23.6. The van der Waals surface area contributed by atoms with Gasteiger partial charge in [-0.05, 0) is 49.1 Å². The maximum Gasteiger partial charge on any atom is 0.202 e. The summed E-state index contributed by atoms with van der Waals surface area (Å²) in [6.07, 6.45) is 4.49. The maximum absolute atomic E-state index is 13.1. The first-order chi connectivity index (χ1) is 17.5. The van der Waals surface area contributed by atoms with E-state index in [4.69, 9.17) is 4.52 Å². The van der Waals surface area contributed by atoms with Crippen LogP contribution in [0.4, 0.5) is 0 Å². The Bertz CT molecular complexity index is 1400. The van der Waals surface area contributed by atoms with Crippen molar-refractivity contribution in [3.8, 4) is 5.95 Å². The van der Waals surface area contributed by atoms with E-state index < -0.39 is 0 Å². The zero-order chi connectivity index (χ0) is 25.1. The van der Waals surface area contributed by atoms with Crippen LogP contribution in [0.5, 0.6) is 5.95 Å². The van der Waals surface area contributed by atoms with Gasteiger partial charge in [0.05, 0.1) is 11.6 Å². The Labute approximate surface area is 212 Å². The van der Waals surface area contributed by atoms with Crippen LogP contribution >= 0.6 is 0 Å². The Morgan fingerprint density at radius 3 is 2.08 bits per heavy atom. The van der Waals surface area contributed by atoms with Crippen LogP contribution in [0.15, 0.2) is 107 Å². The van der Waals surface area contributed by atoms with Gasteiger partial charge in [-0.2, -0.15) is 5.16 Å². The summed E-state index contributed by atoms with van der Waals surface area (Å²) in [5.74, 6) is -0.766. The molecule has 1 N–H and O–H groups in total. The van der Waals surface area contributed by atoms with Crippen molar-refractivity contribution in [2.75, 3.05) is 0 Å². The molecule has 0 spiro atoms. The van der Waals surface area contributed by atoms with Gasteiger partial charge in [-0.1, -0.05) is 91.0 Å². The molecule has 0 amide bonds. The van der Waals surface area contributed by atoms with E-state index in [1.165, 1.54) is 0 Å². The Hall–Kier alpha value is -4.18. The van der Waals surface area contributed by atoms with Gasteiger partial charge in [0.1, 0.15) is 6.04 Å². The highest BCUT2D eigenvalue weighted by Gasteiger charge is 2.41. The summed E-state index contributed by atoms with van der Waals surface area (Å²) in [5, 5.41) is 17.1. The highest BCUT2D eigenvalue weighted by Crippen LogP contribution is 2.50. The number of rotatable bonds is 6. The summed E-state index contributed by atoms with van der Waals surface area (Å²) < 4.78 is 5.18. The minimum atomic E-state index is -0.377. The van der Waals surface area contributed by atoms with E-state index >= 15 is 0 Å². The molecule has 1 heterocycles. The lowest BCUT2D eigenvalue weighted by atomic mass is 9.73. The summed E-state index contributed by atoms with van der Waals surface area (Å²) in [7, 11) is 0. The number of hydrogen-bond donors (Lipinski definition) is 1. The van der Waals surface area contributed by atoms with Gasteiger partial charge in [0.25, 0.3) is 0 Å². The van der Waals surface area contributed by atoms with Gasteiger partial charge < -0.3 is 9.63 Å². The molecule has 4 nitrogen and oxygen atoms in total. The molecule has 0 radical (unpaired) electrons. The van der Waals surface area contributed by atoms with E-state index in [0.29, 0.717) is 11.3 Å². The minimum absolute atomic E-state index is 0.123. The third-order valence-electron chi connectivity index (χ3n) is 6.63. The Morgan fingerprint density at radius 2 is 1.50 bits per heavy atom. The molecular weight excluding hydrogens is 444 g/mol. The molecule has 2 atom stereocenters. The molecule has 36 heavy (non-hydrogen) atoms. The SMILES string of the molecule is Cc1noc([O-])c1[C@@H](c1ccccc1)[C@@H]1C(c2ccccc2)=CC(=[NH+]C(C)C)/C1=C/c1ccccc1. The van der Waals surface area contributed by atoms with Gasteiger partial charge in [0.2, 0.25) is 5.71 Å². The summed E-state index contributed by atoms with van der Waals surface area (Å²) in [4.78, 5) is 3.68. The molecule has 0 unspecified atom stereocenters. The number of nitrogens with one attached hydrogen (secondary N) is 1. The zero-order valence-corrected chi connectivity index (χ0v) is 20.8. The molecule has 5 rings (SSSR count). The maximum atomic E-state index is 13.1. The van der Waals surface area contributed by atoms with Gasteiger partial charge in [-0.3, -0.25) is 0 Å². The predicted molar refractivity (Wildman–Crippen MR) is 142 cm³/mol. The first-order valence-electron chi connectivity index (χ1n) is 12.4. The van der Waals surface area contributed by atoms with Crippen molar-refractivity contribution >= 4 is 17.4 Å². The number of benzene rings is 3. The number of allylic oxidation sites excluding steroid dienone is 3. The zero-order valence-electron chi connectivity index (χ0n) is 20.8. The summed E-state index contributed by atoms with van der Waals surface area (Å²) >= 11 is 0. The second-order valence-corrected chi connectivity index (χ2v) is 9.52. The highest BCUT2D eigenvalue weighted by molar-refractivity contribution is 6.18. The fourth-order valence-electron chi connectivity index (χ4n) is 5.14. The predicted octanol–water partition coefficient (Wildman–Crippen LogP) is 4.92. The van der Waals surface area contributed by atoms with Crippen LogP contribution in [0.2, 0.25) is 0 Å². The number of hydrogen-bond acceptors (Lipinski definition) is 3. The molecule has 4 heteroatoms. The van der Waals surface area contributed by atoms with Crippen LogP contribution in [-0.4, -0.2) is 16.9 Å². The standard InChI is InChI=1S/C32H30N2O2/c1-21(2)33-28-20-26(24-15-9-5-10-16-24)31(27(28)19-23-13-7-4-8-14-23)30(25-17-11-6-12-18-25)29-22(3)34-36-32(29)35/h4-21,30-31,35H,1-3H3/b27-19-,33-28?/t30-,31-/m1/s1. The minimum Gasteiger partial charge on any atom is -0.544 e. The van der Waals surface area contributed by atoms with Crippen molar-refractivity contribution < 1.29 is 14.6 Å². The molecule has 180 valence electrons. The summed E-state index contributed by atoms with van der Waals surface area (Å²) in [6, 6.07) is 31.2. The average molecular weight is 475 g/mol. The molecule has 0 saturated carbocycles. The third-order valence-corrected chi connectivity index (χ3v) is 6.63. The average Bonchev–Trinajstić information content (AvgIpc) is 3.41. The topological polar surface area (TPSA) is 63.1 Å². The lowest BCUT2D eigenvalue weighted by Gasteiger charge is -2.29. The van der Waals surface area contributed by atoms with Gasteiger partial charge >= 0.3 is 0 Å². The molecule has 0 aliphatic heterocycles. The fraction of sp³-hybridized carbons (Fsp3) is 0.188. The van der Waals surface area contributed by atoms with Crippen molar-refractivity contribution in [1.82, 2.24) is 5.16 Å². The quantitative estimate of drug-likeness (QED) is 0.432. The van der Waals surface area contributed by atoms with Crippen molar-refractivity contribution in [3.05, 3.63) is 131 Å². The second-order valence-electron chi connectivity index (χ2n) is 9.52. The number of aromatic nitrogens is 1. The van der Waals surface area contributed by atoms with Crippen molar-refractivity contribution in [3.63, 3.8) is 0 Å². The second kappa shape index (κ2) is 10.2. The van der Waals surface area contributed by atoms with E-state index in [9.17, 15) is 5.11 Å². The van der Waals surface area contributed by atoms with Crippen molar-refractivity contribution in [2.45, 2.75) is 32.7 Å². The Balaban J connectivity index is 1.81. The van der Waals surface area contributed by atoms with Crippen LogP contribution < -0.4 is 10.1 Å². The van der Waals surface area contributed by atoms with E-state index in [-0.39, 0.29) is 23.8 Å². The van der Waals surface area contributed by atoms with Gasteiger partial charge in [0.15, 0.2) is 0 Å². The number of aryl methyl sites for hydroxylation is 1. The first-order valence-corrected chi connectivity index (χ1v) is 12.4. The number of nitrogens with zero attached hydrogens (tertiary/aromatic N) is 1. The van der Waals surface area contributed by atoms with Crippen LogP contribution in [-0.2, 0) is 0 Å². The lowest BCUT2D eigenvalue weighted by Crippen LogP contribution is -2.77. The van der Waals surface area contributed by atoms with E-state index in [1.54, 1.807) is 0 Å². The van der Waals surface area contributed by atoms with Crippen LogP contribution in [0, 0.1) is 12.8 Å². The molecule has 0 saturated heterocycles. The van der Waals surface area contributed by atoms with Gasteiger partial charge in [0, 0.05) is 29.0 Å². The summed E-state index contributed by atoms with van der Waals surface area (Å²) in [5.41, 5.74) is 7.91. The van der Waals surface area contributed by atoms with Gasteiger partial charge in [-0.15, -0.1) is 0 Å². The molecule has 1 aromatic heterocycles. The molecule has 4 aromatic rings. The Kier molecular flexibility index (Phi) is 6.68. The van der Waals surface area contributed by atoms with Crippen LogP contribution in [0.1, 0.15) is 47.7 Å². The normalized spacial score (nSPS) is 18.7. The molecule has 1 aliphatic rings.